The minimum absolute atomic E-state index is 0.165. The minimum Gasteiger partial charge on any atom is -0.469 e. The van der Waals surface area contributed by atoms with Crippen molar-refractivity contribution in [2.45, 2.75) is 13.3 Å². The topological polar surface area (TPSA) is 60.4 Å². The van der Waals surface area contributed by atoms with E-state index in [1.807, 2.05) is 0 Å². The first-order chi connectivity index (χ1) is 8.56. The number of hydrogen-bond donors (Lipinski definition) is 0. The highest BCUT2D eigenvalue weighted by Crippen LogP contribution is 2.27. The number of carbonyl (C=O) groups is 3. The SMILES string of the molecule is COC(=O)CC1=C(C)C(=O)c2ccccc2C1=O. The van der Waals surface area contributed by atoms with Crippen molar-refractivity contribution in [1.82, 2.24) is 0 Å². The Morgan fingerprint density at radius 2 is 1.67 bits per heavy atom. The Morgan fingerprint density at radius 3 is 2.22 bits per heavy atom. The van der Waals surface area contributed by atoms with E-state index in [0.29, 0.717) is 16.7 Å². The van der Waals surface area contributed by atoms with Gasteiger partial charge in [-0.25, -0.2) is 0 Å². The van der Waals surface area contributed by atoms with E-state index >= 15 is 0 Å². The van der Waals surface area contributed by atoms with Gasteiger partial charge in [-0.05, 0) is 6.92 Å². The third-order valence-electron chi connectivity index (χ3n) is 3.03. The van der Waals surface area contributed by atoms with E-state index < -0.39 is 5.97 Å². The Balaban J connectivity index is 2.50. The molecule has 0 amide bonds. The van der Waals surface area contributed by atoms with Crippen LogP contribution in [-0.4, -0.2) is 24.6 Å². The number of ketones is 2. The summed E-state index contributed by atoms with van der Waals surface area (Å²) in [6.07, 6.45) is -0.165. The first-order valence-electron chi connectivity index (χ1n) is 5.51. The van der Waals surface area contributed by atoms with Crippen LogP contribution in [0.15, 0.2) is 35.4 Å². The molecule has 0 atom stereocenters. The van der Waals surface area contributed by atoms with Crippen molar-refractivity contribution in [2.24, 2.45) is 0 Å². The van der Waals surface area contributed by atoms with Crippen LogP contribution in [0.2, 0.25) is 0 Å². The highest BCUT2D eigenvalue weighted by Gasteiger charge is 2.30. The molecular weight excluding hydrogens is 232 g/mol. The molecule has 1 aromatic rings. The van der Waals surface area contributed by atoms with Gasteiger partial charge in [0.25, 0.3) is 0 Å². The van der Waals surface area contributed by atoms with E-state index in [4.69, 9.17) is 0 Å². The molecule has 0 bridgehead atoms. The quantitative estimate of drug-likeness (QED) is 0.746. The standard InChI is InChI=1S/C14H12O4/c1-8-11(7-12(15)18-2)14(17)10-6-4-3-5-9(10)13(8)16/h3-6H,7H2,1-2H3. The van der Waals surface area contributed by atoms with Gasteiger partial charge in [-0.1, -0.05) is 24.3 Å². The van der Waals surface area contributed by atoms with Gasteiger partial charge in [-0.15, -0.1) is 0 Å². The van der Waals surface area contributed by atoms with Crippen molar-refractivity contribution < 1.29 is 19.1 Å². The normalized spacial score (nSPS) is 14.6. The molecule has 0 radical (unpaired) electrons. The van der Waals surface area contributed by atoms with Crippen molar-refractivity contribution in [3.05, 3.63) is 46.5 Å². The van der Waals surface area contributed by atoms with Crippen molar-refractivity contribution in [1.29, 1.82) is 0 Å². The molecule has 0 heterocycles. The molecule has 18 heavy (non-hydrogen) atoms. The molecule has 0 N–H and O–H groups in total. The van der Waals surface area contributed by atoms with Crippen LogP contribution in [0.3, 0.4) is 0 Å². The number of ether oxygens (including phenoxy) is 1. The van der Waals surface area contributed by atoms with Crippen molar-refractivity contribution in [2.75, 3.05) is 7.11 Å². The Bertz CT molecular complexity index is 581. The smallest absolute Gasteiger partial charge is 0.310 e. The maximum absolute atomic E-state index is 12.2. The van der Waals surface area contributed by atoms with Crippen LogP contribution in [0, 0.1) is 0 Å². The van der Waals surface area contributed by atoms with Gasteiger partial charge in [0.15, 0.2) is 11.6 Å². The summed E-state index contributed by atoms with van der Waals surface area (Å²) in [5, 5.41) is 0. The molecule has 4 heteroatoms. The maximum atomic E-state index is 12.2. The molecule has 0 unspecified atom stereocenters. The molecule has 1 aliphatic carbocycles. The molecule has 0 aromatic heterocycles. The second kappa shape index (κ2) is 4.56. The summed E-state index contributed by atoms with van der Waals surface area (Å²) < 4.78 is 4.54. The summed E-state index contributed by atoms with van der Waals surface area (Å²) in [5.41, 5.74) is 1.30. The molecule has 0 fully saturated rings. The van der Waals surface area contributed by atoms with Gasteiger partial charge in [-0.2, -0.15) is 0 Å². The highest BCUT2D eigenvalue weighted by atomic mass is 16.5. The molecule has 0 saturated carbocycles. The minimum atomic E-state index is -0.523. The van der Waals surface area contributed by atoms with Gasteiger partial charge < -0.3 is 4.74 Å². The van der Waals surface area contributed by atoms with Crippen molar-refractivity contribution >= 4 is 17.5 Å². The maximum Gasteiger partial charge on any atom is 0.310 e. The predicted molar refractivity (Wildman–Crippen MR) is 64.4 cm³/mol. The van der Waals surface area contributed by atoms with Crippen LogP contribution in [0.1, 0.15) is 34.1 Å². The van der Waals surface area contributed by atoms with E-state index in [2.05, 4.69) is 4.74 Å². The first kappa shape index (κ1) is 12.2. The fourth-order valence-electron chi connectivity index (χ4n) is 1.98. The number of rotatable bonds is 2. The average Bonchev–Trinajstić information content (AvgIpc) is 2.40. The molecular formula is C14H12O4. The fraction of sp³-hybridized carbons (Fsp3) is 0.214. The van der Waals surface area contributed by atoms with E-state index in [1.165, 1.54) is 7.11 Å². The molecule has 1 aliphatic rings. The van der Waals surface area contributed by atoms with Crippen LogP contribution in [0.25, 0.3) is 0 Å². The second-order valence-electron chi connectivity index (χ2n) is 4.06. The second-order valence-corrected chi connectivity index (χ2v) is 4.06. The van der Waals surface area contributed by atoms with Crippen LogP contribution in [-0.2, 0) is 9.53 Å². The van der Waals surface area contributed by atoms with Crippen molar-refractivity contribution in [3.8, 4) is 0 Å². The van der Waals surface area contributed by atoms with E-state index in [-0.39, 0.29) is 23.6 Å². The van der Waals surface area contributed by atoms with Crippen LogP contribution in [0.5, 0.6) is 0 Å². The number of esters is 1. The lowest BCUT2D eigenvalue weighted by Gasteiger charge is -2.18. The Morgan fingerprint density at radius 1 is 1.11 bits per heavy atom. The average molecular weight is 244 g/mol. The van der Waals surface area contributed by atoms with Gasteiger partial charge in [-0.3, -0.25) is 14.4 Å². The van der Waals surface area contributed by atoms with E-state index in [0.717, 1.165) is 0 Å². The third kappa shape index (κ3) is 1.86. The van der Waals surface area contributed by atoms with Crippen LogP contribution in [0.4, 0.5) is 0 Å². The predicted octanol–water partition coefficient (Wildman–Crippen LogP) is 1.95. The lowest BCUT2D eigenvalue weighted by atomic mass is 9.83. The lowest BCUT2D eigenvalue weighted by molar-refractivity contribution is -0.139. The Hall–Kier alpha value is -2.23. The largest absolute Gasteiger partial charge is 0.469 e. The number of methoxy groups -OCH3 is 1. The summed E-state index contributed by atoms with van der Waals surface area (Å²) in [6.45, 7) is 1.56. The molecule has 92 valence electrons. The lowest BCUT2D eigenvalue weighted by Crippen LogP contribution is -2.22. The van der Waals surface area contributed by atoms with E-state index in [9.17, 15) is 14.4 Å². The summed E-state index contributed by atoms with van der Waals surface area (Å²) in [5.74, 6) is -0.998. The monoisotopic (exact) mass is 244 g/mol. The zero-order valence-corrected chi connectivity index (χ0v) is 10.1. The summed E-state index contributed by atoms with van der Waals surface area (Å²) in [4.78, 5) is 35.6. The number of hydrogen-bond acceptors (Lipinski definition) is 4. The fourth-order valence-corrected chi connectivity index (χ4v) is 1.98. The van der Waals surface area contributed by atoms with E-state index in [1.54, 1.807) is 31.2 Å². The van der Waals surface area contributed by atoms with Crippen LogP contribution < -0.4 is 0 Å². The number of Topliss-reactive ketones (excluding diaryl/α,β-unsaturated/α-hetero) is 2. The summed E-state index contributed by atoms with van der Waals surface area (Å²) in [6, 6.07) is 6.62. The van der Waals surface area contributed by atoms with Gasteiger partial charge in [0, 0.05) is 22.3 Å². The Kier molecular flexibility index (Phi) is 3.10. The summed E-state index contributed by atoms with van der Waals surface area (Å²) >= 11 is 0. The summed E-state index contributed by atoms with van der Waals surface area (Å²) in [7, 11) is 1.25. The van der Waals surface area contributed by atoms with Crippen LogP contribution >= 0.6 is 0 Å². The van der Waals surface area contributed by atoms with Gasteiger partial charge in [0.2, 0.25) is 0 Å². The number of carbonyl (C=O) groups excluding carboxylic acids is 3. The zero-order valence-electron chi connectivity index (χ0n) is 10.1. The molecule has 4 nitrogen and oxygen atoms in total. The van der Waals surface area contributed by atoms with Gasteiger partial charge in [0.05, 0.1) is 13.5 Å². The molecule has 2 rings (SSSR count). The molecule has 0 aliphatic heterocycles. The molecule has 0 spiro atoms. The molecule has 1 aromatic carbocycles. The number of benzene rings is 1. The number of fused-ring (bicyclic) bond motifs is 1. The number of allylic oxidation sites excluding steroid dienone is 1. The third-order valence-corrected chi connectivity index (χ3v) is 3.03. The van der Waals surface area contributed by atoms with Gasteiger partial charge >= 0.3 is 5.97 Å². The highest BCUT2D eigenvalue weighted by molar-refractivity contribution is 6.27. The zero-order chi connectivity index (χ0) is 13.3. The van der Waals surface area contributed by atoms with Gasteiger partial charge in [0.1, 0.15) is 0 Å². The first-order valence-corrected chi connectivity index (χ1v) is 5.51. The van der Waals surface area contributed by atoms with Crippen molar-refractivity contribution in [3.63, 3.8) is 0 Å². The molecule has 0 saturated heterocycles. The Labute approximate surface area is 104 Å².